The average molecular weight is 567 g/mol. The van der Waals surface area contributed by atoms with Gasteiger partial charge in [0, 0.05) is 27.1 Å². The second-order valence-corrected chi connectivity index (χ2v) is 7.48. The molecule has 4 nitrogen and oxygen atoms in total. The second kappa shape index (κ2) is 15.8. The molecule has 0 atom stereocenters. The number of carbonyl (C=O) groups is 2. The minimum absolute atomic E-state index is 0.0139. The Bertz CT molecular complexity index is 669. The van der Waals surface area contributed by atoms with Crippen molar-refractivity contribution >= 4 is 59.4 Å². The summed E-state index contributed by atoms with van der Waals surface area (Å²) in [5.41, 5.74) is 1.34. The second-order valence-electron chi connectivity index (χ2n) is 5.10. The van der Waals surface area contributed by atoms with Gasteiger partial charge in [0.15, 0.2) is 11.6 Å². The van der Waals surface area contributed by atoms with Gasteiger partial charge in [-0.05, 0) is 62.4 Å². The summed E-state index contributed by atoms with van der Waals surface area (Å²) in [6, 6.07) is 13.3. The summed E-state index contributed by atoms with van der Waals surface area (Å²) < 4.78 is 5.33. The lowest BCUT2D eigenvalue weighted by molar-refractivity contribution is 0.100. The molecule has 0 amide bonds. The minimum atomic E-state index is 0.0139. The Morgan fingerprint density at radius 1 is 0.778 bits per heavy atom. The van der Waals surface area contributed by atoms with E-state index < -0.39 is 0 Å². The molecule has 0 saturated carbocycles. The summed E-state index contributed by atoms with van der Waals surface area (Å²) in [7, 11) is 0. The molecule has 0 bridgehead atoms. The van der Waals surface area contributed by atoms with Gasteiger partial charge in [-0.15, -0.1) is 0 Å². The molecule has 0 heterocycles. The Morgan fingerprint density at radius 3 is 1.52 bits per heavy atom. The van der Waals surface area contributed by atoms with E-state index in [1.807, 2.05) is 0 Å². The van der Waals surface area contributed by atoms with E-state index in [0.717, 1.165) is 21.7 Å². The van der Waals surface area contributed by atoms with Crippen LogP contribution in [0.25, 0.3) is 0 Å². The quantitative estimate of drug-likeness (QED) is 0.342. The lowest BCUT2D eigenvalue weighted by Crippen LogP contribution is -1.98. The molecule has 7 heteroatoms. The Kier molecular flexibility index (Phi) is 15.1. The zero-order valence-corrected chi connectivity index (χ0v) is 20.0. The number of alkyl halides is 3. The molecule has 1 N–H and O–H groups in total. The highest BCUT2D eigenvalue weighted by Gasteiger charge is 1.98. The van der Waals surface area contributed by atoms with Gasteiger partial charge in [-0.1, -0.05) is 47.8 Å². The molecule has 0 aromatic heterocycles. The van der Waals surface area contributed by atoms with Crippen LogP contribution in [0.5, 0.6) is 11.5 Å². The number of hydrogen-bond donors (Lipinski definition) is 1. The molecule has 0 aliphatic heterocycles. The van der Waals surface area contributed by atoms with Gasteiger partial charge in [-0.3, -0.25) is 9.59 Å². The normalized spacial score (nSPS) is 9.22. The molecule has 2 rings (SSSR count). The van der Waals surface area contributed by atoms with Gasteiger partial charge >= 0.3 is 0 Å². The highest BCUT2D eigenvalue weighted by molar-refractivity contribution is 9.12. The Hall–Kier alpha value is -1.18. The van der Waals surface area contributed by atoms with E-state index in [4.69, 9.17) is 9.84 Å². The lowest BCUT2D eigenvalue weighted by atomic mass is 10.1. The first kappa shape index (κ1) is 25.8. The number of benzene rings is 2. The smallest absolute Gasteiger partial charge is 0.159 e. The van der Waals surface area contributed by atoms with Crippen LogP contribution >= 0.6 is 47.8 Å². The van der Waals surface area contributed by atoms with Crippen molar-refractivity contribution in [2.45, 2.75) is 13.8 Å². The van der Waals surface area contributed by atoms with Crippen molar-refractivity contribution in [1.82, 2.24) is 0 Å². The van der Waals surface area contributed by atoms with Crippen molar-refractivity contribution in [2.24, 2.45) is 0 Å². The number of phenols is 1. The Labute approximate surface area is 185 Å². The predicted molar refractivity (Wildman–Crippen MR) is 121 cm³/mol. The fraction of sp³-hybridized carbons (Fsp3) is 0.300. The number of hydrogen-bond acceptors (Lipinski definition) is 4. The number of phenolic OH excluding ortho intramolecular Hbond substituents is 1. The molecule has 2 aromatic rings. The monoisotopic (exact) mass is 564 g/mol. The number of aromatic hydroxyl groups is 1. The van der Waals surface area contributed by atoms with E-state index in [1.165, 1.54) is 19.1 Å². The van der Waals surface area contributed by atoms with Gasteiger partial charge in [0.25, 0.3) is 0 Å². The molecule has 27 heavy (non-hydrogen) atoms. The Morgan fingerprint density at radius 2 is 1.19 bits per heavy atom. The van der Waals surface area contributed by atoms with Gasteiger partial charge < -0.3 is 9.84 Å². The first-order chi connectivity index (χ1) is 12.8. The van der Waals surface area contributed by atoms with Crippen LogP contribution in [0, 0.1) is 0 Å². The maximum Gasteiger partial charge on any atom is 0.159 e. The van der Waals surface area contributed by atoms with Crippen LogP contribution in [0.1, 0.15) is 34.6 Å². The zero-order valence-electron chi connectivity index (χ0n) is 15.3. The molecule has 0 unspecified atom stereocenters. The molecular formula is C20H23Br3O4. The van der Waals surface area contributed by atoms with Crippen LogP contribution in [0.15, 0.2) is 48.5 Å². The molecule has 148 valence electrons. The van der Waals surface area contributed by atoms with Crippen molar-refractivity contribution < 1.29 is 19.4 Å². The standard InChI is InChI=1S/C10H11BrO2.C8H8O2.C2H4Br2/c1-8(12)9-2-4-10(5-3-9)13-7-6-11;1-6(9)7-2-4-8(10)5-3-7;3-1-2-4/h2-5H,6-7H2,1H3;2-5,10H,1H3;1-2H2. The van der Waals surface area contributed by atoms with Crippen molar-refractivity contribution in [2.75, 3.05) is 22.6 Å². The van der Waals surface area contributed by atoms with Crippen molar-refractivity contribution in [1.29, 1.82) is 0 Å². The zero-order chi connectivity index (χ0) is 20.7. The largest absolute Gasteiger partial charge is 0.508 e. The number of ketones is 2. The average Bonchev–Trinajstić information content (AvgIpc) is 2.67. The van der Waals surface area contributed by atoms with Crippen LogP contribution in [0.3, 0.4) is 0 Å². The van der Waals surface area contributed by atoms with E-state index in [0.29, 0.717) is 17.7 Å². The Balaban J connectivity index is 0.000000428. The fourth-order valence-corrected chi connectivity index (χ4v) is 1.80. The van der Waals surface area contributed by atoms with E-state index in [1.54, 1.807) is 43.3 Å². The van der Waals surface area contributed by atoms with E-state index in [9.17, 15) is 9.59 Å². The number of Topliss-reactive ketones (excluding diaryl/α,β-unsaturated/α-hetero) is 2. The van der Waals surface area contributed by atoms with E-state index in [2.05, 4.69) is 47.8 Å². The molecule has 0 aliphatic carbocycles. The highest BCUT2D eigenvalue weighted by atomic mass is 79.9. The number of carbonyl (C=O) groups excluding carboxylic acids is 2. The third-order valence-electron chi connectivity index (χ3n) is 2.95. The van der Waals surface area contributed by atoms with Gasteiger partial charge in [0.05, 0.1) is 6.61 Å². The predicted octanol–water partition coefficient (Wildman–Crippen LogP) is 6.03. The molecule has 0 radical (unpaired) electrons. The third kappa shape index (κ3) is 12.8. The molecule has 0 aliphatic rings. The van der Waals surface area contributed by atoms with Crippen LogP contribution < -0.4 is 4.74 Å². The summed E-state index contributed by atoms with van der Waals surface area (Å²) in [6.45, 7) is 3.68. The van der Waals surface area contributed by atoms with Crippen LogP contribution in [-0.2, 0) is 0 Å². The van der Waals surface area contributed by atoms with Gasteiger partial charge in [-0.2, -0.15) is 0 Å². The highest BCUT2D eigenvalue weighted by Crippen LogP contribution is 2.12. The van der Waals surface area contributed by atoms with Crippen molar-refractivity contribution in [3.05, 3.63) is 59.7 Å². The summed E-state index contributed by atoms with van der Waals surface area (Å²) in [5, 5.41) is 11.7. The number of halogens is 3. The SMILES string of the molecule is BrCCBr.CC(=O)c1ccc(O)cc1.CC(=O)c1ccc(OCCBr)cc1. The number of ether oxygens (including phenoxy) is 1. The first-order valence-electron chi connectivity index (χ1n) is 8.07. The van der Waals surface area contributed by atoms with E-state index in [-0.39, 0.29) is 17.3 Å². The fourth-order valence-electron chi connectivity index (χ4n) is 1.64. The van der Waals surface area contributed by atoms with Crippen molar-refractivity contribution in [3.8, 4) is 11.5 Å². The van der Waals surface area contributed by atoms with Gasteiger partial charge in [0.1, 0.15) is 11.5 Å². The summed E-state index contributed by atoms with van der Waals surface area (Å²) in [6.07, 6.45) is 0. The minimum Gasteiger partial charge on any atom is -0.508 e. The van der Waals surface area contributed by atoms with Crippen LogP contribution in [0.4, 0.5) is 0 Å². The molecule has 0 spiro atoms. The van der Waals surface area contributed by atoms with Crippen molar-refractivity contribution in [3.63, 3.8) is 0 Å². The maximum atomic E-state index is 10.9. The lowest BCUT2D eigenvalue weighted by Gasteiger charge is -2.03. The molecular weight excluding hydrogens is 544 g/mol. The maximum absolute atomic E-state index is 10.9. The topological polar surface area (TPSA) is 63.6 Å². The first-order valence-corrected chi connectivity index (χ1v) is 11.4. The third-order valence-corrected chi connectivity index (χ3v) is 5.13. The van der Waals surface area contributed by atoms with Crippen LogP contribution in [0.2, 0.25) is 0 Å². The van der Waals surface area contributed by atoms with E-state index >= 15 is 0 Å². The molecule has 0 fully saturated rings. The molecule has 2 aromatic carbocycles. The van der Waals surface area contributed by atoms with Gasteiger partial charge in [-0.25, -0.2) is 0 Å². The summed E-state index contributed by atoms with van der Waals surface area (Å²) >= 11 is 9.67. The van der Waals surface area contributed by atoms with Crippen LogP contribution in [-0.4, -0.2) is 39.3 Å². The molecule has 0 saturated heterocycles. The summed E-state index contributed by atoms with van der Waals surface area (Å²) in [5.74, 6) is 1.07. The summed E-state index contributed by atoms with van der Waals surface area (Å²) in [4.78, 5) is 21.6. The number of rotatable bonds is 6. The van der Waals surface area contributed by atoms with Gasteiger partial charge in [0.2, 0.25) is 0 Å².